The van der Waals surface area contributed by atoms with Crippen LogP contribution >= 0.6 is 15.9 Å². The molecule has 3 heterocycles. The highest BCUT2D eigenvalue weighted by atomic mass is 79.9. The highest BCUT2D eigenvalue weighted by molar-refractivity contribution is 9.10. The van der Waals surface area contributed by atoms with Gasteiger partial charge in [0.05, 0.1) is 21.1 Å². The van der Waals surface area contributed by atoms with E-state index in [1.165, 1.54) is 6.33 Å². The standard InChI is InChI=1S/C12H9BrF2N6/c1-21-8(13)6(7-10(16)19-4-20-12(7)21)11-17-2-5(3-18-11)9(14)15/h2-4,9H,1H3,(H2,16,19,20). The van der Waals surface area contributed by atoms with Gasteiger partial charge in [-0.2, -0.15) is 0 Å². The highest BCUT2D eigenvalue weighted by Crippen LogP contribution is 2.37. The van der Waals surface area contributed by atoms with Gasteiger partial charge in [0, 0.05) is 19.4 Å². The molecule has 0 aromatic carbocycles. The number of rotatable bonds is 2. The van der Waals surface area contributed by atoms with Crippen LogP contribution in [0, 0.1) is 0 Å². The van der Waals surface area contributed by atoms with Gasteiger partial charge in [-0.15, -0.1) is 0 Å². The number of nitrogens with zero attached hydrogens (tertiary/aromatic N) is 5. The maximum atomic E-state index is 12.6. The number of alkyl halides is 2. The molecule has 3 rings (SSSR count). The molecule has 108 valence electrons. The Bertz CT molecular complexity index is 815. The van der Waals surface area contributed by atoms with E-state index in [9.17, 15) is 8.78 Å². The monoisotopic (exact) mass is 354 g/mol. The Morgan fingerprint density at radius 3 is 2.48 bits per heavy atom. The van der Waals surface area contributed by atoms with Crippen LogP contribution < -0.4 is 5.73 Å². The first-order valence-corrected chi connectivity index (χ1v) is 6.64. The van der Waals surface area contributed by atoms with E-state index in [1.54, 1.807) is 11.6 Å². The fourth-order valence-corrected chi connectivity index (χ4v) is 2.57. The van der Waals surface area contributed by atoms with Gasteiger partial charge in [-0.05, 0) is 15.9 Å². The Hall–Kier alpha value is -2.16. The van der Waals surface area contributed by atoms with Gasteiger partial charge >= 0.3 is 0 Å². The van der Waals surface area contributed by atoms with Crippen molar-refractivity contribution in [3.63, 3.8) is 0 Å². The normalized spacial score (nSPS) is 11.5. The largest absolute Gasteiger partial charge is 0.383 e. The molecule has 0 amide bonds. The summed E-state index contributed by atoms with van der Waals surface area (Å²) < 4.78 is 27.5. The van der Waals surface area contributed by atoms with E-state index in [4.69, 9.17) is 5.73 Å². The van der Waals surface area contributed by atoms with Crippen LogP contribution in [0.25, 0.3) is 22.4 Å². The van der Waals surface area contributed by atoms with Crippen molar-refractivity contribution in [2.24, 2.45) is 7.05 Å². The Morgan fingerprint density at radius 2 is 1.86 bits per heavy atom. The molecule has 21 heavy (non-hydrogen) atoms. The van der Waals surface area contributed by atoms with Gasteiger partial charge in [-0.3, -0.25) is 0 Å². The second-order valence-electron chi connectivity index (χ2n) is 4.32. The van der Waals surface area contributed by atoms with Crippen molar-refractivity contribution < 1.29 is 8.78 Å². The van der Waals surface area contributed by atoms with Crippen molar-refractivity contribution in [2.75, 3.05) is 5.73 Å². The summed E-state index contributed by atoms with van der Waals surface area (Å²) in [6.45, 7) is 0. The summed E-state index contributed by atoms with van der Waals surface area (Å²) in [7, 11) is 1.79. The number of aromatic nitrogens is 5. The van der Waals surface area contributed by atoms with Crippen LogP contribution in [-0.4, -0.2) is 24.5 Å². The fourth-order valence-electron chi connectivity index (χ4n) is 2.03. The van der Waals surface area contributed by atoms with Gasteiger partial charge in [-0.1, -0.05) is 0 Å². The van der Waals surface area contributed by atoms with E-state index in [-0.39, 0.29) is 17.2 Å². The lowest BCUT2D eigenvalue weighted by atomic mass is 10.2. The number of anilines is 1. The molecule has 2 N–H and O–H groups in total. The van der Waals surface area contributed by atoms with Crippen molar-refractivity contribution in [1.29, 1.82) is 0 Å². The number of aryl methyl sites for hydroxylation is 1. The van der Waals surface area contributed by atoms with Crippen molar-refractivity contribution in [2.45, 2.75) is 6.43 Å². The molecule has 0 aliphatic heterocycles. The predicted molar refractivity (Wildman–Crippen MR) is 76.6 cm³/mol. The third kappa shape index (κ3) is 2.13. The molecule has 9 heteroatoms. The SMILES string of the molecule is Cn1c(Br)c(-c2ncc(C(F)F)cn2)c2c(N)ncnc21. The van der Waals surface area contributed by atoms with Crippen LogP contribution in [-0.2, 0) is 7.05 Å². The molecule has 0 saturated heterocycles. The average molecular weight is 355 g/mol. The van der Waals surface area contributed by atoms with E-state index in [0.717, 1.165) is 12.4 Å². The van der Waals surface area contributed by atoms with Crippen LogP contribution in [0.1, 0.15) is 12.0 Å². The zero-order valence-electron chi connectivity index (χ0n) is 10.8. The number of hydrogen-bond acceptors (Lipinski definition) is 5. The molecule has 3 aromatic heterocycles. The first kappa shape index (κ1) is 13.8. The summed E-state index contributed by atoms with van der Waals surface area (Å²) in [5.74, 6) is 0.552. The summed E-state index contributed by atoms with van der Waals surface area (Å²) in [6, 6.07) is 0. The molecule has 0 spiro atoms. The second kappa shape index (κ2) is 4.99. The zero-order valence-corrected chi connectivity index (χ0v) is 12.3. The van der Waals surface area contributed by atoms with Gasteiger partial charge < -0.3 is 10.3 Å². The third-order valence-electron chi connectivity index (χ3n) is 3.07. The minimum absolute atomic E-state index is 0.237. The number of nitrogen functional groups attached to an aromatic ring is 1. The first-order chi connectivity index (χ1) is 10.0. The van der Waals surface area contributed by atoms with Gasteiger partial charge in [0.2, 0.25) is 0 Å². The van der Waals surface area contributed by atoms with E-state index in [1.807, 2.05) is 0 Å². The molecule has 0 bridgehead atoms. The molecule has 0 radical (unpaired) electrons. The molecule has 0 aliphatic rings. The number of halogens is 3. The van der Waals surface area contributed by atoms with Crippen LogP contribution in [0.2, 0.25) is 0 Å². The molecular weight excluding hydrogens is 346 g/mol. The quantitative estimate of drug-likeness (QED) is 0.764. The van der Waals surface area contributed by atoms with Crippen LogP contribution in [0.15, 0.2) is 23.3 Å². The molecule has 0 atom stereocenters. The Morgan fingerprint density at radius 1 is 1.19 bits per heavy atom. The minimum atomic E-state index is -2.61. The Balaban J connectivity index is 2.27. The summed E-state index contributed by atoms with van der Waals surface area (Å²) in [5, 5.41) is 0.580. The molecule has 0 fully saturated rings. The molecule has 6 nitrogen and oxygen atoms in total. The van der Waals surface area contributed by atoms with Gasteiger partial charge in [0.15, 0.2) is 5.82 Å². The average Bonchev–Trinajstić information content (AvgIpc) is 2.73. The molecule has 0 unspecified atom stereocenters. The Kier molecular flexibility index (Phi) is 3.28. The smallest absolute Gasteiger partial charge is 0.266 e. The minimum Gasteiger partial charge on any atom is -0.383 e. The second-order valence-corrected chi connectivity index (χ2v) is 5.07. The van der Waals surface area contributed by atoms with Gasteiger partial charge in [-0.25, -0.2) is 28.7 Å². The Labute approximate surface area is 126 Å². The van der Waals surface area contributed by atoms with Gasteiger partial charge in [0.1, 0.15) is 17.8 Å². The van der Waals surface area contributed by atoms with Crippen molar-refractivity contribution in [1.82, 2.24) is 24.5 Å². The van der Waals surface area contributed by atoms with E-state index < -0.39 is 6.43 Å². The summed E-state index contributed by atoms with van der Waals surface area (Å²) in [6.07, 6.45) is 0.939. The highest BCUT2D eigenvalue weighted by Gasteiger charge is 2.21. The predicted octanol–water partition coefficient (Wildman–Crippen LogP) is 2.71. The van der Waals surface area contributed by atoms with Crippen molar-refractivity contribution >= 4 is 32.8 Å². The summed E-state index contributed by atoms with van der Waals surface area (Å²) in [4.78, 5) is 16.1. The van der Waals surface area contributed by atoms with Crippen LogP contribution in [0.5, 0.6) is 0 Å². The maximum absolute atomic E-state index is 12.6. The number of fused-ring (bicyclic) bond motifs is 1. The molecular formula is C12H9BrF2N6. The topological polar surface area (TPSA) is 82.5 Å². The zero-order chi connectivity index (χ0) is 15.1. The van der Waals surface area contributed by atoms with Gasteiger partial charge in [0.25, 0.3) is 6.43 Å². The summed E-state index contributed by atoms with van der Waals surface area (Å²) >= 11 is 3.42. The molecule has 3 aromatic rings. The lowest BCUT2D eigenvalue weighted by Gasteiger charge is -2.02. The van der Waals surface area contributed by atoms with Crippen LogP contribution in [0.4, 0.5) is 14.6 Å². The third-order valence-corrected chi connectivity index (χ3v) is 4.00. The molecule has 0 aliphatic carbocycles. The van der Waals surface area contributed by atoms with Crippen molar-refractivity contribution in [3.8, 4) is 11.4 Å². The van der Waals surface area contributed by atoms with E-state index in [2.05, 4.69) is 35.9 Å². The van der Waals surface area contributed by atoms with Crippen LogP contribution in [0.3, 0.4) is 0 Å². The van der Waals surface area contributed by atoms with Crippen molar-refractivity contribution in [3.05, 3.63) is 28.9 Å². The van der Waals surface area contributed by atoms with E-state index in [0.29, 0.717) is 21.2 Å². The van der Waals surface area contributed by atoms with E-state index >= 15 is 0 Å². The molecule has 0 saturated carbocycles. The first-order valence-electron chi connectivity index (χ1n) is 5.85. The lowest BCUT2D eigenvalue weighted by molar-refractivity contribution is 0.150. The number of nitrogens with two attached hydrogens (primary N) is 1. The fraction of sp³-hybridized carbons (Fsp3) is 0.167. The summed E-state index contributed by atoms with van der Waals surface area (Å²) in [5.41, 5.74) is 6.84. The maximum Gasteiger partial charge on any atom is 0.266 e. The lowest BCUT2D eigenvalue weighted by Crippen LogP contribution is -1.96. The number of hydrogen-bond donors (Lipinski definition) is 1.